The largest absolute Gasteiger partial charge is 0.378 e. The van der Waals surface area contributed by atoms with Gasteiger partial charge in [-0.3, -0.25) is 13.9 Å². The molecule has 1 N–H and O–H groups in total. The van der Waals surface area contributed by atoms with Crippen molar-refractivity contribution in [1.29, 1.82) is 0 Å². The van der Waals surface area contributed by atoms with Gasteiger partial charge in [0.25, 0.3) is 5.91 Å². The third-order valence-electron chi connectivity index (χ3n) is 5.39. The van der Waals surface area contributed by atoms with Crippen molar-refractivity contribution >= 4 is 39.3 Å². The van der Waals surface area contributed by atoms with Gasteiger partial charge in [0, 0.05) is 31.0 Å². The Morgan fingerprint density at radius 3 is 2.46 bits per heavy atom. The molecule has 0 aliphatic carbocycles. The average molecular weight is 524 g/mol. The lowest BCUT2D eigenvalue weighted by atomic mass is 10.1. The predicted octanol–water partition coefficient (Wildman–Crippen LogP) is 2.50. The highest BCUT2D eigenvalue weighted by atomic mass is 32.2. The molecule has 0 bridgehead atoms. The number of halogens is 1. The number of carbonyl (C=O) groups is 2. The van der Waals surface area contributed by atoms with E-state index in [4.69, 9.17) is 4.74 Å². The first kappa shape index (κ1) is 27.0. The number of nitrogens with one attached hydrogen (secondary N) is 1. The number of thioether (sulfide) groups is 1. The molecule has 2 aromatic carbocycles. The molecule has 190 valence electrons. The lowest BCUT2D eigenvalue weighted by Gasteiger charge is -2.27. The summed E-state index contributed by atoms with van der Waals surface area (Å²) in [5.41, 5.74) is 1.39. The van der Waals surface area contributed by atoms with Crippen molar-refractivity contribution in [3.63, 3.8) is 0 Å². The van der Waals surface area contributed by atoms with Crippen LogP contribution in [0, 0.1) is 5.82 Å². The Kier molecular flexibility index (Phi) is 9.93. The zero-order valence-electron chi connectivity index (χ0n) is 19.6. The highest BCUT2D eigenvalue weighted by Crippen LogP contribution is 2.20. The lowest BCUT2D eigenvalue weighted by Crippen LogP contribution is -2.41. The molecule has 2 amide bonds. The van der Waals surface area contributed by atoms with Crippen LogP contribution in [0.5, 0.6) is 0 Å². The fourth-order valence-corrected chi connectivity index (χ4v) is 5.31. The van der Waals surface area contributed by atoms with Gasteiger partial charge in [0.15, 0.2) is 0 Å². The van der Waals surface area contributed by atoms with E-state index in [-0.39, 0.29) is 18.3 Å². The van der Waals surface area contributed by atoms with Crippen molar-refractivity contribution < 1.29 is 27.1 Å². The smallest absolute Gasteiger partial charge is 0.254 e. The predicted molar refractivity (Wildman–Crippen MR) is 136 cm³/mol. The minimum Gasteiger partial charge on any atom is -0.378 e. The normalized spacial score (nSPS) is 13.9. The second-order valence-corrected chi connectivity index (χ2v) is 11.1. The number of sulfonamides is 1. The van der Waals surface area contributed by atoms with Gasteiger partial charge in [0.1, 0.15) is 12.4 Å². The molecule has 2 aromatic rings. The minimum atomic E-state index is -3.72. The van der Waals surface area contributed by atoms with Crippen molar-refractivity contribution in [2.24, 2.45) is 0 Å². The van der Waals surface area contributed by atoms with Crippen LogP contribution in [0.4, 0.5) is 10.1 Å². The van der Waals surface area contributed by atoms with Crippen LogP contribution < -0.4 is 9.62 Å². The van der Waals surface area contributed by atoms with E-state index in [1.807, 2.05) is 0 Å². The molecular weight excluding hydrogens is 493 g/mol. The SMILES string of the molecule is CS(=O)(=O)N(CC(=O)NCCCSCc1ccccc1F)c1ccc(C(=O)N2CCOCC2)cc1. The summed E-state index contributed by atoms with van der Waals surface area (Å²) in [6.07, 6.45) is 1.70. The van der Waals surface area contributed by atoms with Crippen molar-refractivity contribution in [2.75, 3.05) is 55.7 Å². The summed E-state index contributed by atoms with van der Waals surface area (Å²) in [6.45, 7) is 2.03. The molecule has 0 unspecified atom stereocenters. The number of rotatable bonds is 11. The highest BCUT2D eigenvalue weighted by Gasteiger charge is 2.22. The number of amides is 2. The van der Waals surface area contributed by atoms with Gasteiger partial charge in [0.05, 0.1) is 25.2 Å². The maximum Gasteiger partial charge on any atom is 0.254 e. The Morgan fingerprint density at radius 1 is 1.11 bits per heavy atom. The lowest BCUT2D eigenvalue weighted by molar-refractivity contribution is -0.119. The van der Waals surface area contributed by atoms with E-state index in [9.17, 15) is 22.4 Å². The summed E-state index contributed by atoms with van der Waals surface area (Å²) in [5.74, 6) is 0.474. The second kappa shape index (κ2) is 12.9. The number of morpholine rings is 1. The Morgan fingerprint density at radius 2 is 1.80 bits per heavy atom. The molecule has 35 heavy (non-hydrogen) atoms. The van der Waals surface area contributed by atoms with E-state index in [1.165, 1.54) is 18.2 Å². The van der Waals surface area contributed by atoms with Gasteiger partial charge in [-0.15, -0.1) is 0 Å². The molecule has 1 aliphatic rings. The molecule has 1 saturated heterocycles. The molecule has 1 aliphatic heterocycles. The fourth-order valence-electron chi connectivity index (χ4n) is 3.51. The van der Waals surface area contributed by atoms with E-state index in [0.717, 1.165) is 16.3 Å². The van der Waals surface area contributed by atoms with Gasteiger partial charge >= 0.3 is 0 Å². The average Bonchev–Trinajstić information content (AvgIpc) is 2.85. The van der Waals surface area contributed by atoms with Crippen LogP contribution >= 0.6 is 11.8 Å². The minimum absolute atomic E-state index is 0.142. The number of ether oxygens (including phenoxy) is 1. The molecule has 11 heteroatoms. The summed E-state index contributed by atoms with van der Waals surface area (Å²) >= 11 is 1.57. The number of hydrogen-bond acceptors (Lipinski definition) is 6. The zero-order chi connectivity index (χ0) is 25.3. The number of benzene rings is 2. The molecule has 8 nitrogen and oxygen atoms in total. The standard InChI is InChI=1S/C24H30FN3O5S2/c1-35(31,32)28(21-9-7-19(8-10-21)24(30)27-12-14-33-15-13-27)17-23(29)26-11-4-16-34-18-20-5-2-3-6-22(20)25/h2-3,5-10H,4,11-18H2,1H3,(H,26,29). The topological polar surface area (TPSA) is 96.0 Å². The number of carbonyl (C=O) groups excluding carboxylic acids is 2. The van der Waals surface area contributed by atoms with Crippen LogP contribution in [0.3, 0.4) is 0 Å². The van der Waals surface area contributed by atoms with Crippen LogP contribution in [0.25, 0.3) is 0 Å². The molecule has 0 radical (unpaired) electrons. The molecule has 0 spiro atoms. The van der Waals surface area contributed by atoms with Gasteiger partial charge in [0.2, 0.25) is 15.9 Å². The van der Waals surface area contributed by atoms with Crippen molar-refractivity contribution in [3.8, 4) is 0 Å². The number of nitrogens with zero attached hydrogens (tertiary/aromatic N) is 2. The van der Waals surface area contributed by atoms with Crippen LogP contribution in [0.15, 0.2) is 48.5 Å². The molecular formula is C24H30FN3O5S2. The molecule has 1 heterocycles. The first-order valence-electron chi connectivity index (χ1n) is 11.3. The van der Waals surface area contributed by atoms with E-state index in [0.29, 0.717) is 61.8 Å². The summed E-state index contributed by atoms with van der Waals surface area (Å²) in [6, 6.07) is 12.8. The summed E-state index contributed by atoms with van der Waals surface area (Å²) in [7, 11) is -3.72. The first-order chi connectivity index (χ1) is 16.8. The maximum atomic E-state index is 13.6. The van der Waals surface area contributed by atoms with Gasteiger partial charge in [-0.05, 0) is 48.1 Å². The Labute approximate surface area is 209 Å². The van der Waals surface area contributed by atoms with Gasteiger partial charge in [-0.2, -0.15) is 11.8 Å². The fraction of sp³-hybridized carbons (Fsp3) is 0.417. The Balaban J connectivity index is 1.48. The van der Waals surface area contributed by atoms with Gasteiger partial charge in [-0.1, -0.05) is 18.2 Å². The molecule has 0 atom stereocenters. The van der Waals surface area contributed by atoms with Crippen LogP contribution in [-0.4, -0.2) is 76.5 Å². The molecule has 1 fully saturated rings. The van der Waals surface area contributed by atoms with E-state index >= 15 is 0 Å². The van der Waals surface area contributed by atoms with Crippen molar-refractivity contribution in [2.45, 2.75) is 12.2 Å². The number of hydrogen-bond donors (Lipinski definition) is 1. The first-order valence-corrected chi connectivity index (χ1v) is 14.3. The zero-order valence-corrected chi connectivity index (χ0v) is 21.2. The van der Waals surface area contributed by atoms with Crippen LogP contribution in [0.2, 0.25) is 0 Å². The van der Waals surface area contributed by atoms with E-state index in [2.05, 4.69) is 5.32 Å². The van der Waals surface area contributed by atoms with E-state index in [1.54, 1.807) is 47.0 Å². The maximum absolute atomic E-state index is 13.6. The summed E-state index contributed by atoms with van der Waals surface area (Å²) in [5, 5.41) is 2.73. The third-order valence-corrected chi connectivity index (χ3v) is 7.62. The number of anilines is 1. The summed E-state index contributed by atoms with van der Waals surface area (Å²) in [4.78, 5) is 26.7. The van der Waals surface area contributed by atoms with Crippen LogP contribution in [-0.2, 0) is 25.3 Å². The van der Waals surface area contributed by atoms with Crippen LogP contribution in [0.1, 0.15) is 22.3 Å². The quantitative estimate of drug-likeness (QED) is 0.455. The van der Waals surface area contributed by atoms with Crippen molar-refractivity contribution in [1.82, 2.24) is 10.2 Å². The Bertz CT molecular complexity index is 1110. The Hall–Kier alpha value is -2.63. The molecule has 0 saturated carbocycles. The van der Waals surface area contributed by atoms with E-state index < -0.39 is 15.9 Å². The second-order valence-electron chi connectivity index (χ2n) is 8.07. The third kappa shape index (κ3) is 8.22. The molecule has 0 aromatic heterocycles. The van der Waals surface area contributed by atoms with Gasteiger partial charge < -0.3 is 15.0 Å². The molecule has 3 rings (SSSR count). The summed E-state index contributed by atoms with van der Waals surface area (Å²) < 4.78 is 44.6. The highest BCUT2D eigenvalue weighted by molar-refractivity contribution is 7.98. The van der Waals surface area contributed by atoms with Crippen molar-refractivity contribution in [3.05, 3.63) is 65.5 Å². The van der Waals surface area contributed by atoms with Gasteiger partial charge in [-0.25, -0.2) is 12.8 Å². The monoisotopic (exact) mass is 523 g/mol.